The maximum atomic E-state index is 12.3. The molecule has 3 aromatic carbocycles. The van der Waals surface area contributed by atoms with E-state index in [9.17, 15) is 9.59 Å². The number of hydrogen-bond acceptors (Lipinski definition) is 3. The molecule has 1 aromatic heterocycles. The van der Waals surface area contributed by atoms with E-state index in [0.29, 0.717) is 17.2 Å². The van der Waals surface area contributed by atoms with Crippen LogP contribution in [0.25, 0.3) is 10.9 Å². The van der Waals surface area contributed by atoms with Gasteiger partial charge in [0.25, 0.3) is 0 Å². The van der Waals surface area contributed by atoms with E-state index in [-0.39, 0.29) is 24.8 Å². The van der Waals surface area contributed by atoms with E-state index < -0.39 is 0 Å². The van der Waals surface area contributed by atoms with Gasteiger partial charge in [-0.25, -0.2) is 0 Å². The van der Waals surface area contributed by atoms with Gasteiger partial charge < -0.3 is 20.4 Å². The first-order chi connectivity index (χ1) is 14.7. The highest BCUT2D eigenvalue weighted by molar-refractivity contribution is 5.96. The van der Waals surface area contributed by atoms with Gasteiger partial charge in [0.05, 0.1) is 18.7 Å². The molecule has 30 heavy (non-hydrogen) atoms. The van der Waals surface area contributed by atoms with E-state index in [1.807, 2.05) is 72.9 Å². The molecular weight excluding hydrogens is 378 g/mol. The Labute approximate surface area is 173 Å². The van der Waals surface area contributed by atoms with Gasteiger partial charge in [0.1, 0.15) is 5.75 Å². The number of nitrogens with one attached hydrogen (secondary N) is 3. The van der Waals surface area contributed by atoms with Crippen LogP contribution in [0.5, 0.6) is 11.5 Å². The van der Waals surface area contributed by atoms with Gasteiger partial charge in [0.2, 0.25) is 11.8 Å². The molecular formula is C24H21N3O3. The van der Waals surface area contributed by atoms with Gasteiger partial charge in [-0.15, -0.1) is 0 Å². The number of aromatic amines is 1. The first kappa shape index (κ1) is 19.3. The van der Waals surface area contributed by atoms with Gasteiger partial charge in [0, 0.05) is 17.1 Å². The fourth-order valence-corrected chi connectivity index (χ4v) is 3.16. The number of hydrogen-bond donors (Lipinski definition) is 3. The number of anilines is 1. The van der Waals surface area contributed by atoms with Crippen LogP contribution in [0.1, 0.15) is 5.56 Å². The summed E-state index contributed by atoms with van der Waals surface area (Å²) in [6.07, 6.45) is 2.02. The third-order valence-electron chi connectivity index (χ3n) is 4.60. The Balaban J connectivity index is 1.33. The molecule has 6 nitrogen and oxygen atoms in total. The van der Waals surface area contributed by atoms with Gasteiger partial charge in [-0.05, 0) is 35.9 Å². The lowest BCUT2D eigenvalue weighted by molar-refractivity contribution is -0.123. The molecule has 150 valence electrons. The molecule has 0 saturated carbocycles. The molecule has 0 aliphatic heterocycles. The SMILES string of the molecule is O=C(Cc1c[nH]c2ccccc12)NCC(=O)Nc1ccccc1Oc1ccccc1. The third-order valence-corrected chi connectivity index (χ3v) is 4.60. The fourth-order valence-electron chi connectivity index (χ4n) is 3.16. The number of rotatable bonds is 7. The highest BCUT2D eigenvalue weighted by atomic mass is 16.5. The van der Waals surface area contributed by atoms with Gasteiger partial charge in [-0.2, -0.15) is 0 Å². The molecule has 2 amide bonds. The van der Waals surface area contributed by atoms with E-state index in [0.717, 1.165) is 16.5 Å². The number of H-pyrrole nitrogens is 1. The van der Waals surface area contributed by atoms with E-state index in [4.69, 9.17) is 4.74 Å². The van der Waals surface area contributed by atoms with Crippen molar-refractivity contribution < 1.29 is 14.3 Å². The number of benzene rings is 3. The molecule has 0 aliphatic rings. The van der Waals surface area contributed by atoms with Crippen LogP contribution in [0.4, 0.5) is 5.69 Å². The van der Waals surface area contributed by atoms with Crippen LogP contribution in [0.3, 0.4) is 0 Å². The first-order valence-electron chi connectivity index (χ1n) is 9.62. The van der Waals surface area contributed by atoms with Crippen molar-refractivity contribution in [2.75, 3.05) is 11.9 Å². The molecule has 3 N–H and O–H groups in total. The number of carbonyl (C=O) groups is 2. The molecule has 6 heteroatoms. The summed E-state index contributed by atoms with van der Waals surface area (Å²) in [5, 5.41) is 6.46. The van der Waals surface area contributed by atoms with Crippen LogP contribution in [0, 0.1) is 0 Å². The minimum Gasteiger partial charge on any atom is -0.455 e. The van der Waals surface area contributed by atoms with Crippen molar-refractivity contribution in [3.63, 3.8) is 0 Å². The zero-order valence-electron chi connectivity index (χ0n) is 16.2. The standard InChI is InChI=1S/C24H21N3O3/c28-23(14-17-15-25-20-11-5-4-10-19(17)20)26-16-24(29)27-21-12-6-7-13-22(21)30-18-8-2-1-3-9-18/h1-13,15,25H,14,16H2,(H,26,28)(H,27,29). The van der Waals surface area contributed by atoms with Crippen molar-refractivity contribution in [3.8, 4) is 11.5 Å². The summed E-state index contributed by atoms with van der Waals surface area (Å²) in [5.74, 6) is 0.656. The summed E-state index contributed by atoms with van der Waals surface area (Å²) in [4.78, 5) is 27.8. The van der Waals surface area contributed by atoms with Gasteiger partial charge >= 0.3 is 0 Å². The largest absolute Gasteiger partial charge is 0.455 e. The average Bonchev–Trinajstić information content (AvgIpc) is 3.17. The fraction of sp³-hybridized carbons (Fsp3) is 0.0833. The predicted octanol–water partition coefficient (Wildman–Crippen LogP) is 4.26. The normalized spacial score (nSPS) is 10.5. The summed E-state index contributed by atoms with van der Waals surface area (Å²) in [6, 6.07) is 24.3. The molecule has 0 fully saturated rings. The first-order valence-corrected chi connectivity index (χ1v) is 9.62. The molecule has 0 aliphatic carbocycles. The van der Waals surface area contributed by atoms with Crippen LogP contribution in [0.2, 0.25) is 0 Å². The Morgan fingerprint density at radius 3 is 2.43 bits per heavy atom. The summed E-state index contributed by atoms with van der Waals surface area (Å²) < 4.78 is 5.84. The van der Waals surface area contributed by atoms with E-state index in [1.165, 1.54) is 0 Å². The number of ether oxygens (including phenoxy) is 1. The lowest BCUT2D eigenvalue weighted by Gasteiger charge is -2.12. The van der Waals surface area contributed by atoms with Gasteiger partial charge in [-0.3, -0.25) is 9.59 Å². The van der Waals surface area contributed by atoms with E-state index >= 15 is 0 Å². The quantitative estimate of drug-likeness (QED) is 0.434. The van der Waals surface area contributed by atoms with Crippen LogP contribution in [-0.4, -0.2) is 23.3 Å². The number of amides is 2. The van der Waals surface area contributed by atoms with Crippen molar-refractivity contribution in [1.29, 1.82) is 0 Å². The smallest absolute Gasteiger partial charge is 0.243 e. The Morgan fingerprint density at radius 2 is 1.57 bits per heavy atom. The van der Waals surface area contributed by atoms with E-state index in [1.54, 1.807) is 12.1 Å². The molecule has 0 atom stereocenters. The Bertz CT molecular complexity index is 1170. The van der Waals surface area contributed by atoms with Crippen molar-refractivity contribution in [3.05, 3.63) is 90.6 Å². The second-order valence-electron chi connectivity index (χ2n) is 6.77. The molecule has 0 bridgehead atoms. The highest BCUT2D eigenvalue weighted by Crippen LogP contribution is 2.28. The number of aromatic nitrogens is 1. The predicted molar refractivity (Wildman–Crippen MR) is 117 cm³/mol. The lowest BCUT2D eigenvalue weighted by Crippen LogP contribution is -2.33. The average molecular weight is 399 g/mol. The van der Waals surface area contributed by atoms with Gasteiger partial charge in [0.15, 0.2) is 5.75 Å². The molecule has 4 aromatic rings. The molecule has 4 rings (SSSR count). The summed E-state index contributed by atoms with van der Waals surface area (Å²) in [5.41, 5.74) is 2.41. The number of carbonyl (C=O) groups excluding carboxylic acids is 2. The molecule has 0 unspecified atom stereocenters. The molecule has 0 saturated heterocycles. The topological polar surface area (TPSA) is 83.2 Å². The second-order valence-corrected chi connectivity index (χ2v) is 6.77. The van der Waals surface area contributed by atoms with Crippen molar-refractivity contribution in [2.24, 2.45) is 0 Å². The Hall–Kier alpha value is -4.06. The van der Waals surface area contributed by atoms with Crippen LogP contribution >= 0.6 is 0 Å². The van der Waals surface area contributed by atoms with Crippen LogP contribution < -0.4 is 15.4 Å². The Kier molecular flexibility index (Phi) is 5.75. The second kappa shape index (κ2) is 8.96. The van der Waals surface area contributed by atoms with E-state index in [2.05, 4.69) is 15.6 Å². The van der Waals surface area contributed by atoms with Crippen LogP contribution in [-0.2, 0) is 16.0 Å². The number of fused-ring (bicyclic) bond motifs is 1. The van der Waals surface area contributed by atoms with Crippen molar-refractivity contribution in [1.82, 2.24) is 10.3 Å². The van der Waals surface area contributed by atoms with Crippen molar-refractivity contribution in [2.45, 2.75) is 6.42 Å². The highest BCUT2D eigenvalue weighted by Gasteiger charge is 2.12. The maximum absolute atomic E-state index is 12.3. The Morgan fingerprint density at radius 1 is 0.833 bits per heavy atom. The monoisotopic (exact) mass is 399 g/mol. The lowest BCUT2D eigenvalue weighted by atomic mass is 10.1. The van der Waals surface area contributed by atoms with Gasteiger partial charge in [-0.1, -0.05) is 48.5 Å². The minimum absolute atomic E-state index is 0.124. The molecule has 1 heterocycles. The molecule has 0 spiro atoms. The number of para-hydroxylation sites is 4. The van der Waals surface area contributed by atoms with Crippen molar-refractivity contribution >= 4 is 28.4 Å². The summed E-state index contributed by atoms with van der Waals surface area (Å²) in [7, 11) is 0. The summed E-state index contributed by atoms with van der Waals surface area (Å²) in [6.45, 7) is -0.124. The maximum Gasteiger partial charge on any atom is 0.243 e. The zero-order valence-corrected chi connectivity index (χ0v) is 16.2. The zero-order chi connectivity index (χ0) is 20.8. The summed E-state index contributed by atoms with van der Waals surface area (Å²) >= 11 is 0. The third kappa shape index (κ3) is 4.67. The van der Waals surface area contributed by atoms with Crippen LogP contribution in [0.15, 0.2) is 85.1 Å². The molecule has 0 radical (unpaired) electrons. The minimum atomic E-state index is -0.327.